The predicted molar refractivity (Wildman–Crippen MR) is 121 cm³/mol. The third-order valence-electron chi connectivity index (χ3n) is 5.97. The molecular weight excluding hydrogens is 431 g/mol. The van der Waals surface area contributed by atoms with Gasteiger partial charge in [0.1, 0.15) is 5.82 Å². The molecule has 0 spiro atoms. The molecule has 1 aromatic carbocycles. The van der Waals surface area contributed by atoms with E-state index in [9.17, 15) is 9.18 Å². The number of halogens is 1. The first-order valence-electron chi connectivity index (χ1n) is 10.9. The third kappa shape index (κ3) is 4.77. The molecule has 1 fully saturated rings. The summed E-state index contributed by atoms with van der Waals surface area (Å²) in [6.07, 6.45) is 3.36. The number of likely N-dealkylation sites (tertiary alicyclic amines) is 1. The molecule has 10 heteroatoms. The van der Waals surface area contributed by atoms with Crippen LogP contribution in [0.3, 0.4) is 0 Å². The molecule has 8 nitrogen and oxygen atoms in total. The van der Waals surface area contributed by atoms with Gasteiger partial charge in [-0.15, -0.1) is 16.9 Å². The van der Waals surface area contributed by atoms with Gasteiger partial charge in [0.15, 0.2) is 0 Å². The summed E-state index contributed by atoms with van der Waals surface area (Å²) in [6, 6.07) is 6.84. The first-order valence-corrected chi connectivity index (χ1v) is 11.9. The van der Waals surface area contributed by atoms with Crippen LogP contribution >= 0.6 is 11.8 Å². The van der Waals surface area contributed by atoms with Crippen LogP contribution in [0.1, 0.15) is 18.5 Å². The number of piperidine rings is 1. The van der Waals surface area contributed by atoms with Gasteiger partial charge in [-0.3, -0.25) is 4.79 Å². The highest BCUT2D eigenvalue weighted by Crippen LogP contribution is 2.30. The van der Waals surface area contributed by atoms with Gasteiger partial charge < -0.3 is 19.5 Å². The molecule has 2 aliphatic rings. The molecule has 0 bridgehead atoms. The Kier molecular flexibility index (Phi) is 6.33. The summed E-state index contributed by atoms with van der Waals surface area (Å²) in [7, 11) is 0. The van der Waals surface area contributed by atoms with Gasteiger partial charge in [0.2, 0.25) is 5.88 Å². The maximum atomic E-state index is 13.7. The minimum Gasteiger partial charge on any atom is -0.475 e. The fourth-order valence-electron chi connectivity index (χ4n) is 4.20. The van der Waals surface area contributed by atoms with E-state index in [-0.39, 0.29) is 11.4 Å². The van der Waals surface area contributed by atoms with Crippen molar-refractivity contribution in [2.75, 3.05) is 32.0 Å². The zero-order chi connectivity index (χ0) is 21.9. The van der Waals surface area contributed by atoms with Crippen LogP contribution in [0.4, 0.5) is 4.39 Å². The van der Waals surface area contributed by atoms with Crippen LogP contribution in [0.25, 0.3) is 11.0 Å². The molecular formula is C22H25FN6O2S. The quantitative estimate of drug-likeness (QED) is 0.604. The molecule has 3 aromatic rings. The summed E-state index contributed by atoms with van der Waals surface area (Å²) in [5, 5.41) is 12.0. The molecule has 2 aromatic heterocycles. The highest BCUT2D eigenvalue weighted by atomic mass is 32.2. The average molecular weight is 457 g/mol. The average Bonchev–Trinajstić information content (AvgIpc) is 2.82. The molecule has 1 N–H and O–H groups in total. The monoisotopic (exact) mass is 456 g/mol. The van der Waals surface area contributed by atoms with Crippen molar-refractivity contribution in [2.24, 2.45) is 0 Å². The number of fused-ring (bicyclic) bond motifs is 2. The molecule has 0 radical (unpaired) electrons. The number of thioether (sulfide) groups is 1. The lowest BCUT2D eigenvalue weighted by atomic mass is 10.0. The maximum Gasteiger partial charge on any atom is 0.269 e. The van der Waals surface area contributed by atoms with Crippen molar-refractivity contribution < 1.29 is 9.13 Å². The number of rotatable bonds is 6. The smallest absolute Gasteiger partial charge is 0.269 e. The topological polar surface area (TPSA) is 85.2 Å². The van der Waals surface area contributed by atoms with Crippen LogP contribution in [0, 0.1) is 5.82 Å². The molecule has 0 atom stereocenters. The van der Waals surface area contributed by atoms with Crippen molar-refractivity contribution in [2.45, 2.75) is 36.9 Å². The molecule has 5 rings (SSSR count). The van der Waals surface area contributed by atoms with Gasteiger partial charge in [0.05, 0.1) is 34.4 Å². The first kappa shape index (κ1) is 21.3. The molecule has 1 saturated heterocycles. The minimum atomic E-state index is -0.361. The Bertz CT molecular complexity index is 1160. The second kappa shape index (κ2) is 9.51. The fourth-order valence-corrected chi connectivity index (χ4v) is 5.03. The molecule has 0 aliphatic carbocycles. The number of nitrogens with zero attached hydrogens (tertiary/aromatic N) is 5. The number of aromatic nitrogens is 4. The van der Waals surface area contributed by atoms with Gasteiger partial charge in [-0.2, -0.15) is 5.10 Å². The molecule has 0 unspecified atom stereocenters. The molecule has 32 heavy (non-hydrogen) atoms. The summed E-state index contributed by atoms with van der Waals surface area (Å²) in [5.74, 6) is 1.22. The van der Waals surface area contributed by atoms with Crippen LogP contribution in [-0.2, 0) is 13.1 Å². The van der Waals surface area contributed by atoms with E-state index in [2.05, 4.69) is 31.5 Å². The van der Waals surface area contributed by atoms with Gasteiger partial charge in [-0.05, 0) is 50.2 Å². The Morgan fingerprint density at radius 2 is 2.06 bits per heavy atom. The van der Waals surface area contributed by atoms with Gasteiger partial charge in [0, 0.05) is 31.4 Å². The highest BCUT2D eigenvalue weighted by molar-refractivity contribution is 7.99. The second-order valence-corrected chi connectivity index (χ2v) is 9.22. The van der Waals surface area contributed by atoms with E-state index < -0.39 is 0 Å². The van der Waals surface area contributed by atoms with Gasteiger partial charge in [0.25, 0.3) is 5.56 Å². The number of hydrogen-bond acceptors (Lipinski definition) is 8. The molecule has 0 amide bonds. The Labute approximate surface area is 189 Å². The summed E-state index contributed by atoms with van der Waals surface area (Å²) in [5.41, 5.74) is 1.91. The van der Waals surface area contributed by atoms with Gasteiger partial charge >= 0.3 is 0 Å². The summed E-state index contributed by atoms with van der Waals surface area (Å²) >= 11 is 1.76. The number of benzene rings is 1. The van der Waals surface area contributed by atoms with Crippen molar-refractivity contribution >= 4 is 22.8 Å². The zero-order valence-electron chi connectivity index (χ0n) is 17.7. The lowest BCUT2D eigenvalue weighted by molar-refractivity contribution is 0.191. The Hall–Kier alpha value is -2.56. The van der Waals surface area contributed by atoms with Gasteiger partial charge in [-0.25, -0.2) is 9.37 Å². The fraction of sp³-hybridized carbons (Fsp3) is 0.455. The Balaban J connectivity index is 1.13. The van der Waals surface area contributed by atoms with Gasteiger partial charge in [-0.1, -0.05) is 0 Å². The maximum absolute atomic E-state index is 13.7. The number of ether oxygens (including phenoxy) is 1. The third-order valence-corrected chi connectivity index (χ3v) is 6.94. The number of hydrogen-bond donors (Lipinski definition) is 1. The Morgan fingerprint density at radius 3 is 2.94 bits per heavy atom. The Morgan fingerprint density at radius 1 is 1.19 bits per heavy atom. The molecule has 0 saturated carbocycles. The van der Waals surface area contributed by atoms with Crippen LogP contribution < -0.4 is 15.6 Å². The SMILES string of the molecule is O=c1cnc2ccc(F)cc2n1CCN1CCC(NCc2cc3c(nn2)OCCS3)CC1. The van der Waals surface area contributed by atoms with Crippen molar-refractivity contribution in [1.82, 2.24) is 30.0 Å². The molecule has 4 heterocycles. The largest absolute Gasteiger partial charge is 0.475 e. The minimum absolute atomic E-state index is 0.200. The van der Waals surface area contributed by atoms with E-state index in [0.29, 0.717) is 42.7 Å². The normalized spacial score (nSPS) is 17.3. The van der Waals surface area contributed by atoms with Crippen molar-refractivity contribution in [3.63, 3.8) is 0 Å². The lowest BCUT2D eigenvalue weighted by Gasteiger charge is -2.32. The molecule has 168 valence electrons. The van der Waals surface area contributed by atoms with Crippen LogP contribution in [0.5, 0.6) is 5.88 Å². The molecule has 2 aliphatic heterocycles. The second-order valence-electron chi connectivity index (χ2n) is 8.08. The van der Waals surface area contributed by atoms with Crippen LogP contribution in [0.15, 0.2) is 40.2 Å². The predicted octanol–water partition coefficient (Wildman–Crippen LogP) is 2.06. The number of nitrogens with one attached hydrogen (secondary N) is 1. The summed E-state index contributed by atoms with van der Waals surface area (Å²) in [4.78, 5) is 19.8. The first-order chi connectivity index (χ1) is 15.7. The van der Waals surface area contributed by atoms with E-state index in [1.165, 1.54) is 18.3 Å². The van der Waals surface area contributed by atoms with E-state index >= 15 is 0 Å². The van der Waals surface area contributed by atoms with Crippen LogP contribution in [-0.4, -0.2) is 62.7 Å². The van der Waals surface area contributed by atoms with E-state index in [4.69, 9.17) is 4.74 Å². The van der Waals surface area contributed by atoms with Crippen LogP contribution in [0.2, 0.25) is 0 Å². The zero-order valence-corrected chi connectivity index (χ0v) is 18.5. The van der Waals surface area contributed by atoms with Crippen molar-refractivity contribution in [1.29, 1.82) is 0 Å². The van der Waals surface area contributed by atoms with E-state index in [1.807, 2.05) is 0 Å². The standard InChI is InChI=1S/C22H25FN6O2S/c23-15-1-2-18-19(11-15)29(21(30)14-25-18)8-7-28-5-3-16(4-6-28)24-13-17-12-20-22(27-26-17)31-9-10-32-20/h1-2,11-12,14,16,24H,3-10,13H2. The lowest BCUT2D eigenvalue weighted by Crippen LogP contribution is -2.43. The van der Waals surface area contributed by atoms with E-state index in [1.54, 1.807) is 22.4 Å². The summed E-state index contributed by atoms with van der Waals surface area (Å²) in [6.45, 7) is 4.53. The summed E-state index contributed by atoms with van der Waals surface area (Å²) < 4.78 is 20.8. The van der Waals surface area contributed by atoms with Crippen molar-refractivity contribution in [3.05, 3.63) is 52.3 Å². The highest BCUT2D eigenvalue weighted by Gasteiger charge is 2.20. The van der Waals surface area contributed by atoms with E-state index in [0.717, 1.165) is 48.8 Å². The van der Waals surface area contributed by atoms with Crippen molar-refractivity contribution in [3.8, 4) is 5.88 Å².